The topological polar surface area (TPSA) is 67.6 Å². The SMILES string of the molecule is Brc1ccccc1-c1nc(SCc2nc3ccccc3o2)n[nH]1. The minimum Gasteiger partial charge on any atom is -0.440 e. The first kappa shape index (κ1) is 14.5. The molecule has 7 heteroatoms. The molecular weight excluding hydrogens is 376 g/mol. The summed E-state index contributed by atoms with van der Waals surface area (Å²) in [6, 6.07) is 15.6. The molecule has 2 aromatic heterocycles. The number of para-hydroxylation sites is 2. The van der Waals surface area contributed by atoms with E-state index in [0.29, 0.717) is 16.8 Å². The monoisotopic (exact) mass is 386 g/mol. The Morgan fingerprint density at radius 3 is 2.74 bits per heavy atom. The molecule has 0 aliphatic rings. The number of nitrogens with zero attached hydrogens (tertiary/aromatic N) is 3. The van der Waals surface area contributed by atoms with Gasteiger partial charge in [-0.3, -0.25) is 5.10 Å². The van der Waals surface area contributed by atoms with Crippen molar-refractivity contribution in [2.24, 2.45) is 0 Å². The van der Waals surface area contributed by atoms with Gasteiger partial charge in [0.2, 0.25) is 11.0 Å². The molecule has 0 unspecified atom stereocenters. The summed E-state index contributed by atoms with van der Waals surface area (Å²) in [4.78, 5) is 8.95. The Morgan fingerprint density at radius 1 is 1.04 bits per heavy atom. The highest BCUT2D eigenvalue weighted by Gasteiger charge is 2.11. The fourth-order valence-electron chi connectivity index (χ4n) is 2.19. The number of hydrogen-bond acceptors (Lipinski definition) is 5. The first-order chi connectivity index (χ1) is 11.3. The standard InChI is InChI=1S/C16H11BrN4OS/c17-11-6-2-1-5-10(11)15-19-16(21-20-15)23-9-14-18-12-7-3-4-8-13(12)22-14/h1-8H,9H2,(H,19,20,21). The highest BCUT2D eigenvalue weighted by atomic mass is 79.9. The van der Waals surface area contributed by atoms with Crippen molar-refractivity contribution in [3.63, 3.8) is 0 Å². The number of halogens is 1. The molecule has 5 nitrogen and oxygen atoms in total. The number of aromatic amines is 1. The third-order valence-electron chi connectivity index (χ3n) is 3.26. The lowest BCUT2D eigenvalue weighted by Gasteiger charge is -1.98. The number of aromatic nitrogens is 4. The average molecular weight is 387 g/mol. The summed E-state index contributed by atoms with van der Waals surface area (Å²) < 4.78 is 6.67. The average Bonchev–Trinajstić information content (AvgIpc) is 3.19. The molecule has 4 rings (SSSR count). The molecule has 0 radical (unpaired) electrons. The smallest absolute Gasteiger partial charge is 0.209 e. The fourth-order valence-corrected chi connectivity index (χ4v) is 3.31. The van der Waals surface area contributed by atoms with Gasteiger partial charge in [0.05, 0.1) is 5.75 Å². The van der Waals surface area contributed by atoms with Crippen LogP contribution in [0.25, 0.3) is 22.5 Å². The molecule has 114 valence electrons. The molecule has 0 fully saturated rings. The molecule has 0 saturated carbocycles. The van der Waals surface area contributed by atoms with Gasteiger partial charge >= 0.3 is 0 Å². The second-order valence-electron chi connectivity index (χ2n) is 4.81. The van der Waals surface area contributed by atoms with Crippen LogP contribution in [0, 0.1) is 0 Å². The molecular formula is C16H11BrN4OS. The summed E-state index contributed by atoms with van der Waals surface area (Å²) in [5.74, 6) is 1.99. The molecule has 0 aliphatic heterocycles. The molecule has 0 bridgehead atoms. The molecule has 0 amide bonds. The van der Waals surface area contributed by atoms with E-state index in [-0.39, 0.29) is 0 Å². The Morgan fingerprint density at radius 2 is 1.87 bits per heavy atom. The Labute approximate surface area is 144 Å². The van der Waals surface area contributed by atoms with Gasteiger partial charge in [-0.1, -0.05) is 58.0 Å². The van der Waals surface area contributed by atoms with E-state index in [1.807, 2.05) is 48.5 Å². The van der Waals surface area contributed by atoms with Crippen LogP contribution in [0.3, 0.4) is 0 Å². The van der Waals surface area contributed by atoms with Gasteiger partial charge in [-0.25, -0.2) is 9.97 Å². The maximum absolute atomic E-state index is 5.70. The Bertz CT molecular complexity index is 932. The predicted octanol–water partition coefficient (Wildman–Crippen LogP) is 4.67. The highest BCUT2D eigenvalue weighted by molar-refractivity contribution is 9.10. The molecule has 2 aromatic carbocycles. The van der Waals surface area contributed by atoms with Crippen LogP contribution in [-0.2, 0) is 5.75 Å². The van der Waals surface area contributed by atoms with Gasteiger partial charge in [0.25, 0.3) is 0 Å². The third kappa shape index (κ3) is 3.02. The van der Waals surface area contributed by atoms with Crippen LogP contribution in [0.2, 0.25) is 0 Å². The van der Waals surface area contributed by atoms with Crippen molar-refractivity contribution in [1.29, 1.82) is 0 Å². The summed E-state index contributed by atoms with van der Waals surface area (Å²) >= 11 is 5.00. The summed E-state index contributed by atoms with van der Waals surface area (Å²) in [6.45, 7) is 0. The maximum Gasteiger partial charge on any atom is 0.209 e. The molecule has 0 aliphatic carbocycles. The third-order valence-corrected chi connectivity index (χ3v) is 4.78. The van der Waals surface area contributed by atoms with Crippen molar-refractivity contribution in [1.82, 2.24) is 20.2 Å². The second-order valence-corrected chi connectivity index (χ2v) is 6.61. The van der Waals surface area contributed by atoms with E-state index >= 15 is 0 Å². The van der Waals surface area contributed by atoms with Crippen molar-refractivity contribution >= 4 is 38.8 Å². The zero-order valence-electron chi connectivity index (χ0n) is 11.9. The second kappa shape index (κ2) is 6.17. The van der Waals surface area contributed by atoms with E-state index in [4.69, 9.17) is 4.42 Å². The minimum absolute atomic E-state index is 0.585. The van der Waals surface area contributed by atoms with Gasteiger partial charge in [0, 0.05) is 10.0 Å². The van der Waals surface area contributed by atoms with Gasteiger partial charge in [-0.2, -0.15) is 0 Å². The van der Waals surface area contributed by atoms with Gasteiger partial charge in [0.1, 0.15) is 5.52 Å². The van der Waals surface area contributed by atoms with Gasteiger partial charge in [-0.15, -0.1) is 5.10 Å². The Hall–Kier alpha value is -2.12. The molecule has 2 heterocycles. The molecule has 0 atom stereocenters. The largest absolute Gasteiger partial charge is 0.440 e. The number of rotatable bonds is 4. The summed E-state index contributed by atoms with van der Waals surface area (Å²) in [5.41, 5.74) is 2.65. The number of H-pyrrole nitrogens is 1. The lowest BCUT2D eigenvalue weighted by Crippen LogP contribution is -1.82. The van der Waals surface area contributed by atoms with Crippen molar-refractivity contribution in [3.05, 3.63) is 58.9 Å². The first-order valence-corrected chi connectivity index (χ1v) is 8.72. The zero-order chi connectivity index (χ0) is 15.6. The normalized spacial score (nSPS) is 11.2. The van der Waals surface area contributed by atoms with Crippen LogP contribution >= 0.6 is 27.7 Å². The number of nitrogens with one attached hydrogen (secondary N) is 1. The van der Waals surface area contributed by atoms with E-state index in [1.54, 1.807) is 0 Å². The zero-order valence-corrected chi connectivity index (χ0v) is 14.3. The molecule has 0 spiro atoms. The summed E-state index contributed by atoms with van der Waals surface area (Å²) in [6.07, 6.45) is 0. The lowest BCUT2D eigenvalue weighted by molar-refractivity contribution is 0.556. The molecule has 23 heavy (non-hydrogen) atoms. The molecule has 0 saturated heterocycles. The van der Waals surface area contributed by atoms with Crippen LogP contribution in [-0.4, -0.2) is 20.2 Å². The highest BCUT2D eigenvalue weighted by Crippen LogP contribution is 2.27. The van der Waals surface area contributed by atoms with E-state index in [9.17, 15) is 0 Å². The Kier molecular flexibility index (Phi) is 3.88. The minimum atomic E-state index is 0.585. The van der Waals surface area contributed by atoms with Crippen molar-refractivity contribution < 1.29 is 4.42 Å². The predicted molar refractivity (Wildman–Crippen MR) is 93.1 cm³/mol. The van der Waals surface area contributed by atoms with E-state index in [2.05, 4.69) is 36.1 Å². The summed E-state index contributed by atoms with van der Waals surface area (Å²) in [5, 5.41) is 7.87. The van der Waals surface area contributed by atoms with E-state index < -0.39 is 0 Å². The van der Waals surface area contributed by atoms with E-state index in [1.165, 1.54) is 11.8 Å². The number of fused-ring (bicyclic) bond motifs is 1. The molecule has 1 N–H and O–H groups in total. The first-order valence-electron chi connectivity index (χ1n) is 6.94. The van der Waals surface area contributed by atoms with Crippen LogP contribution in [0.4, 0.5) is 0 Å². The lowest BCUT2D eigenvalue weighted by atomic mass is 10.2. The van der Waals surface area contributed by atoms with Gasteiger partial charge in [-0.05, 0) is 18.2 Å². The van der Waals surface area contributed by atoms with Crippen molar-refractivity contribution in [3.8, 4) is 11.4 Å². The Balaban J connectivity index is 1.51. The fraction of sp³-hybridized carbons (Fsp3) is 0.0625. The van der Waals surface area contributed by atoms with Gasteiger partial charge in [0.15, 0.2) is 11.4 Å². The van der Waals surface area contributed by atoms with Crippen LogP contribution in [0.5, 0.6) is 0 Å². The number of oxazole rings is 1. The van der Waals surface area contributed by atoms with Crippen molar-refractivity contribution in [2.45, 2.75) is 10.9 Å². The number of benzene rings is 2. The maximum atomic E-state index is 5.70. The summed E-state index contributed by atoms with van der Waals surface area (Å²) in [7, 11) is 0. The number of thioether (sulfide) groups is 1. The van der Waals surface area contributed by atoms with Gasteiger partial charge < -0.3 is 4.42 Å². The number of hydrogen-bond donors (Lipinski definition) is 1. The molecule has 4 aromatic rings. The van der Waals surface area contributed by atoms with E-state index in [0.717, 1.165) is 27.0 Å². The van der Waals surface area contributed by atoms with Crippen LogP contribution in [0.1, 0.15) is 5.89 Å². The van der Waals surface area contributed by atoms with Crippen molar-refractivity contribution in [2.75, 3.05) is 0 Å². The van der Waals surface area contributed by atoms with Crippen LogP contribution in [0.15, 0.2) is 62.6 Å². The van der Waals surface area contributed by atoms with Crippen LogP contribution < -0.4 is 0 Å². The quantitative estimate of drug-likeness (QED) is 0.516.